The van der Waals surface area contributed by atoms with Crippen LogP contribution in [0.4, 0.5) is 13.2 Å². The summed E-state index contributed by atoms with van der Waals surface area (Å²) in [6.45, 7) is 2.64. The smallest absolute Gasteiger partial charge is 0.351 e. The molecule has 0 aliphatic heterocycles. The maximum atomic E-state index is 12.7. The summed E-state index contributed by atoms with van der Waals surface area (Å²) in [7, 11) is 0. The summed E-state index contributed by atoms with van der Waals surface area (Å²) < 4.78 is 41.7. The highest BCUT2D eigenvalue weighted by Gasteiger charge is 2.30. The largest absolute Gasteiger partial charge is 0.416 e. The maximum absolute atomic E-state index is 12.7. The first-order valence-corrected chi connectivity index (χ1v) is 9.19. The summed E-state index contributed by atoms with van der Waals surface area (Å²) in [4.78, 5) is 12.3. The van der Waals surface area contributed by atoms with Crippen LogP contribution in [0.2, 0.25) is 0 Å². The van der Waals surface area contributed by atoms with Crippen molar-refractivity contribution < 1.29 is 18.0 Å². The highest BCUT2D eigenvalue weighted by Crippen LogP contribution is 2.34. The van der Waals surface area contributed by atoms with Crippen LogP contribution in [0.25, 0.3) is 10.2 Å². The zero-order chi connectivity index (χ0) is 18.2. The SMILES string of the molecule is CCNC(=O)c1cc2scc(Br)c2n1Cc1ccc(C(F)(F)F)cc1. The highest BCUT2D eigenvalue weighted by atomic mass is 79.9. The number of alkyl halides is 3. The number of amides is 1. The Bertz CT molecular complexity index is 913. The Kier molecular flexibility index (Phi) is 4.92. The van der Waals surface area contributed by atoms with Gasteiger partial charge in [0.25, 0.3) is 5.91 Å². The summed E-state index contributed by atoms with van der Waals surface area (Å²) >= 11 is 4.98. The molecule has 0 unspecified atom stereocenters. The van der Waals surface area contributed by atoms with Gasteiger partial charge in [-0.25, -0.2) is 0 Å². The van der Waals surface area contributed by atoms with Gasteiger partial charge in [-0.15, -0.1) is 11.3 Å². The Morgan fingerprint density at radius 3 is 2.56 bits per heavy atom. The second-order valence-electron chi connectivity index (χ2n) is 5.47. The average Bonchev–Trinajstić information content (AvgIpc) is 3.08. The van der Waals surface area contributed by atoms with Crippen LogP contribution in [0.3, 0.4) is 0 Å². The van der Waals surface area contributed by atoms with E-state index in [-0.39, 0.29) is 5.91 Å². The number of aromatic nitrogens is 1. The van der Waals surface area contributed by atoms with Gasteiger partial charge in [0.1, 0.15) is 5.69 Å². The number of hydrogen-bond acceptors (Lipinski definition) is 2. The molecule has 1 amide bonds. The number of halogens is 4. The van der Waals surface area contributed by atoms with Crippen molar-refractivity contribution in [2.45, 2.75) is 19.6 Å². The van der Waals surface area contributed by atoms with E-state index in [1.165, 1.54) is 23.5 Å². The minimum atomic E-state index is -4.36. The van der Waals surface area contributed by atoms with E-state index in [4.69, 9.17) is 0 Å². The van der Waals surface area contributed by atoms with Gasteiger partial charge in [-0.05, 0) is 46.6 Å². The lowest BCUT2D eigenvalue weighted by molar-refractivity contribution is -0.137. The number of carbonyl (C=O) groups is 1. The molecular weight excluding hydrogens is 417 g/mol. The van der Waals surface area contributed by atoms with Gasteiger partial charge < -0.3 is 9.88 Å². The fraction of sp³-hybridized carbons (Fsp3) is 0.235. The Labute approximate surface area is 154 Å². The summed E-state index contributed by atoms with van der Waals surface area (Å²) in [6, 6.07) is 6.81. The molecule has 0 saturated heterocycles. The van der Waals surface area contributed by atoms with Crippen LogP contribution < -0.4 is 5.32 Å². The van der Waals surface area contributed by atoms with Gasteiger partial charge in [-0.3, -0.25) is 4.79 Å². The van der Waals surface area contributed by atoms with E-state index in [9.17, 15) is 18.0 Å². The Morgan fingerprint density at radius 2 is 1.96 bits per heavy atom. The molecule has 3 nitrogen and oxygen atoms in total. The van der Waals surface area contributed by atoms with Crippen molar-refractivity contribution in [1.82, 2.24) is 9.88 Å². The van der Waals surface area contributed by atoms with Crippen molar-refractivity contribution >= 4 is 43.4 Å². The summed E-state index contributed by atoms with van der Waals surface area (Å²) in [6.07, 6.45) is -4.36. The zero-order valence-electron chi connectivity index (χ0n) is 13.2. The summed E-state index contributed by atoms with van der Waals surface area (Å²) in [5.41, 5.74) is 1.36. The first-order valence-electron chi connectivity index (χ1n) is 7.51. The third-order valence-electron chi connectivity index (χ3n) is 3.77. The lowest BCUT2D eigenvalue weighted by atomic mass is 10.1. The molecule has 132 valence electrons. The number of hydrogen-bond donors (Lipinski definition) is 1. The summed E-state index contributed by atoms with van der Waals surface area (Å²) in [5, 5.41) is 4.69. The van der Waals surface area contributed by atoms with Crippen molar-refractivity contribution in [2.75, 3.05) is 6.54 Å². The molecule has 0 radical (unpaired) electrons. The van der Waals surface area contributed by atoms with E-state index in [2.05, 4.69) is 21.2 Å². The fourth-order valence-electron chi connectivity index (χ4n) is 2.62. The van der Waals surface area contributed by atoms with Crippen LogP contribution in [0.1, 0.15) is 28.5 Å². The van der Waals surface area contributed by atoms with Crippen molar-refractivity contribution in [3.05, 3.63) is 57.0 Å². The molecular formula is C17H14BrF3N2OS. The van der Waals surface area contributed by atoms with Gasteiger partial charge in [0.05, 0.1) is 20.3 Å². The van der Waals surface area contributed by atoms with Gasteiger partial charge in [0.15, 0.2) is 0 Å². The Balaban J connectivity index is 2.00. The monoisotopic (exact) mass is 430 g/mol. The van der Waals surface area contributed by atoms with E-state index in [0.29, 0.717) is 24.3 Å². The average molecular weight is 431 g/mol. The number of rotatable bonds is 4. The van der Waals surface area contributed by atoms with Crippen molar-refractivity contribution in [1.29, 1.82) is 0 Å². The fourth-order valence-corrected chi connectivity index (χ4v) is 4.31. The van der Waals surface area contributed by atoms with E-state index in [1.54, 1.807) is 6.07 Å². The molecule has 8 heteroatoms. The molecule has 0 atom stereocenters. The van der Waals surface area contributed by atoms with Gasteiger partial charge in [0.2, 0.25) is 0 Å². The Morgan fingerprint density at radius 1 is 1.28 bits per heavy atom. The number of carbonyl (C=O) groups excluding carboxylic acids is 1. The number of nitrogens with one attached hydrogen (secondary N) is 1. The van der Waals surface area contributed by atoms with Crippen LogP contribution >= 0.6 is 27.3 Å². The van der Waals surface area contributed by atoms with E-state index in [0.717, 1.165) is 26.8 Å². The molecule has 0 saturated carbocycles. The third kappa shape index (κ3) is 3.59. The predicted molar refractivity (Wildman–Crippen MR) is 96.1 cm³/mol. The normalized spacial score (nSPS) is 11.9. The van der Waals surface area contributed by atoms with Gasteiger partial charge >= 0.3 is 6.18 Å². The van der Waals surface area contributed by atoms with Crippen LogP contribution in [0, 0.1) is 0 Å². The molecule has 3 rings (SSSR count). The lowest BCUT2D eigenvalue weighted by Crippen LogP contribution is -2.25. The molecule has 2 heterocycles. The quantitative estimate of drug-likeness (QED) is 0.599. The Hall–Kier alpha value is -1.80. The van der Waals surface area contributed by atoms with Crippen LogP contribution in [-0.2, 0) is 12.7 Å². The van der Waals surface area contributed by atoms with Crippen molar-refractivity contribution in [3.63, 3.8) is 0 Å². The van der Waals surface area contributed by atoms with Gasteiger partial charge in [0, 0.05) is 18.5 Å². The first kappa shape index (κ1) is 18.0. The summed E-state index contributed by atoms with van der Waals surface area (Å²) in [5.74, 6) is -0.204. The predicted octanol–water partition coefficient (Wildman–Crippen LogP) is 5.28. The molecule has 1 N–H and O–H groups in total. The molecule has 2 aromatic heterocycles. The third-order valence-corrected chi connectivity index (χ3v) is 5.60. The van der Waals surface area contributed by atoms with E-state index in [1.807, 2.05) is 16.9 Å². The molecule has 0 aliphatic rings. The molecule has 0 aliphatic carbocycles. The van der Waals surface area contributed by atoms with E-state index < -0.39 is 11.7 Å². The van der Waals surface area contributed by atoms with Crippen LogP contribution in [0.15, 0.2) is 40.2 Å². The lowest BCUT2D eigenvalue weighted by Gasteiger charge is -2.12. The number of fused-ring (bicyclic) bond motifs is 1. The molecule has 0 fully saturated rings. The standard InChI is InChI=1S/C17H14BrF3N2OS/c1-2-22-16(24)13-7-14-15(12(18)9-25-14)23(13)8-10-3-5-11(6-4-10)17(19,20)21/h3-7,9H,2,8H2,1H3,(H,22,24). The minimum Gasteiger partial charge on any atom is -0.351 e. The maximum Gasteiger partial charge on any atom is 0.416 e. The molecule has 1 aromatic carbocycles. The minimum absolute atomic E-state index is 0.204. The van der Waals surface area contributed by atoms with Crippen molar-refractivity contribution in [2.24, 2.45) is 0 Å². The van der Waals surface area contributed by atoms with Crippen LogP contribution in [0.5, 0.6) is 0 Å². The first-order chi connectivity index (χ1) is 11.8. The number of benzene rings is 1. The zero-order valence-corrected chi connectivity index (χ0v) is 15.6. The van der Waals surface area contributed by atoms with Gasteiger partial charge in [-0.2, -0.15) is 13.2 Å². The van der Waals surface area contributed by atoms with Gasteiger partial charge in [-0.1, -0.05) is 12.1 Å². The number of nitrogens with zero attached hydrogens (tertiary/aromatic N) is 1. The van der Waals surface area contributed by atoms with Crippen LogP contribution in [-0.4, -0.2) is 17.0 Å². The molecule has 3 aromatic rings. The second kappa shape index (κ2) is 6.84. The second-order valence-corrected chi connectivity index (χ2v) is 7.23. The molecule has 25 heavy (non-hydrogen) atoms. The number of thiophene rings is 1. The van der Waals surface area contributed by atoms with Crippen molar-refractivity contribution in [3.8, 4) is 0 Å². The topological polar surface area (TPSA) is 34.0 Å². The molecule has 0 spiro atoms. The highest BCUT2D eigenvalue weighted by molar-refractivity contribution is 9.10. The molecule has 0 bridgehead atoms. The van der Waals surface area contributed by atoms with E-state index >= 15 is 0 Å².